The van der Waals surface area contributed by atoms with Crippen molar-refractivity contribution in [2.24, 2.45) is 0 Å². The van der Waals surface area contributed by atoms with Crippen LogP contribution >= 0.6 is 0 Å². The van der Waals surface area contributed by atoms with E-state index in [9.17, 15) is 8.42 Å². The van der Waals surface area contributed by atoms with Crippen LogP contribution in [0.5, 0.6) is 0 Å². The van der Waals surface area contributed by atoms with Crippen molar-refractivity contribution in [3.63, 3.8) is 0 Å². The molecule has 0 spiro atoms. The van der Waals surface area contributed by atoms with Crippen LogP contribution in [0.15, 0.2) is 17.2 Å². The molecule has 1 aromatic heterocycles. The number of sulfonamides is 1. The highest BCUT2D eigenvalue weighted by Gasteiger charge is 2.37. The first kappa shape index (κ1) is 15.5. The van der Waals surface area contributed by atoms with Crippen molar-refractivity contribution >= 4 is 10.0 Å². The van der Waals surface area contributed by atoms with Gasteiger partial charge in [-0.25, -0.2) is 8.42 Å². The summed E-state index contributed by atoms with van der Waals surface area (Å²) in [6.07, 6.45) is 3.75. The van der Waals surface area contributed by atoms with Gasteiger partial charge in [0.05, 0.1) is 0 Å². The quantitative estimate of drug-likeness (QED) is 0.837. The number of nitrogens with zero attached hydrogens (tertiary/aromatic N) is 2. The maximum atomic E-state index is 12.7. The van der Waals surface area contributed by atoms with Crippen molar-refractivity contribution in [3.8, 4) is 0 Å². The second-order valence-electron chi connectivity index (χ2n) is 5.64. The SMILES string of the molecule is CCN(C1CC1)S(=O)(=O)c1cc(CNC)n(C(C)C)c1. The monoisotopic (exact) mass is 299 g/mol. The molecule has 0 radical (unpaired) electrons. The summed E-state index contributed by atoms with van der Waals surface area (Å²) in [6, 6.07) is 2.26. The van der Waals surface area contributed by atoms with Crippen LogP contribution in [0.25, 0.3) is 0 Å². The smallest absolute Gasteiger partial charge is 0.244 e. The topological polar surface area (TPSA) is 54.3 Å². The van der Waals surface area contributed by atoms with E-state index < -0.39 is 10.0 Å². The van der Waals surface area contributed by atoms with Crippen molar-refractivity contribution in [2.45, 2.75) is 57.1 Å². The van der Waals surface area contributed by atoms with Crippen LogP contribution < -0.4 is 5.32 Å². The summed E-state index contributed by atoms with van der Waals surface area (Å²) in [5, 5.41) is 3.09. The summed E-state index contributed by atoms with van der Waals surface area (Å²) in [5.41, 5.74) is 1.01. The summed E-state index contributed by atoms with van der Waals surface area (Å²) in [4.78, 5) is 0.421. The number of hydrogen-bond acceptors (Lipinski definition) is 3. The van der Waals surface area contributed by atoms with Crippen LogP contribution in [0.2, 0.25) is 0 Å². The minimum Gasteiger partial charge on any atom is -0.346 e. The van der Waals surface area contributed by atoms with E-state index in [1.165, 1.54) is 0 Å². The summed E-state index contributed by atoms with van der Waals surface area (Å²) in [6.45, 7) is 7.25. The molecule has 5 nitrogen and oxygen atoms in total. The Bertz CT molecular complexity index is 559. The molecular formula is C14H25N3O2S. The molecule has 1 saturated carbocycles. The molecule has 0 saturated heterocycles. The molecule has 1 aliphatic rings. The van der Waals surface area contributed by atoms with E-state index in [-0.39, 0.29) is 12.1 Å². The average Bonchev–Trinajstić information content (AvgIpc) is 3.09. The summed E-state index contributed by atoms with van der Waals surface area (Å²) >= 11 is 0. The van der Waals surface area contributed by atoms with Crippen molar-refractivity contribution in [3.05, 3.63) is 18.0 Å². The first-order chi connectivity index (χ1) is 9.41. The fourth-order valence-electron chi connectivity index (χ4n) is 2.56. The lowest BCUT2D eigenvalue weighted by atomic mass is 10.3. The lowest BCUT2D eigenvalue weighted by Gasteiger charge is -2.19. The van der Waals surface area contributed by atoms with Crippen LogP contribution in [-0.4, -0.2) is 36.9 Å². The molecule has 0 amide bonds. The first-order valence-corrected chi connectivity index (χ1v) is 8.73. The number of hydrogen-bond donors (Lipinski definition) is 1. The zero-order valence-corrected chi connectivity index (χ0v) is 13.6. The third kappa shape index (κ3) is 2.92. The van der Waals surface area contributed by atoms with E-state index in [0.29, 0.717) is 18.0 Å². The Labute approximate surface area is 122 Å². The zero-order valence-electron chi connectivity index (χ0n) is 12.8. The molecule has 1 fully saturated rings. The van der Waals surface area contributed by atoms with E-state index in [1.54, 1.807) is 16.6 Å². The van der Waals surface area contributed by atoms with Gasteiger partial charge in [-0.1, -0.05) is 6.92 Å². The molecule has 20 heavy (non-hydrogen) atoms. The third-order valence-electron chi connectivity index (χ3n) is 3.69. The molecule has 1 N–H and O–H groups in total. The van der Waals surface area contributed by atoms with Crippen LogP contribution in [0, 0.1) is 0 Å². The minimum atomic E-state index is -3.36. The number of nitrogens with one attached hydrogen (secondary N) is 1. The Morgan fingerprint density at radius 2 is 2.10 bits per heavy atom. The maximum Gasteiger partial charge on any atom is 0.244 e. The molecule has 1 aliphatic carbocycles. The van der Waals surface area contributed by atoms with E-state index in [1.807, 2.05) is 18.5 Å². The van der Waals surface area contributed by atoms with E-state index >= 15 is 0 Å². The molecule has 6 heteroatoms. The highest BCUT2D eigenvalue weighted by molar-refractivity contribution is 7.89. The van der Waals surface area contributed by atoms with E-state index in [0.717, 1.165) is 18.5 Å². The Morgan fingerprint density at radius 1 is 1.45 bits per heavy atom. The number of rotatable bonds is 7. The van der Waals surface area contributed by atoms with Gasteiger partial charge in [0.1, 0.15) is 4.90 Å². The van der Waals surface area contributed by atoms with Gasteiger partial charge in [0.2, 0.25) is 10.0 Å². The minimum absolute atomic E-state index is 0.208. The summed E-state index contributed by atoms with van der Waals surface area (Å²) in [5.74, 6) is 0. The van der Waals surface area contributed by atoms with E-state index in [4.69, 9.17) is 0 Å². The average molecular weight is 299 g/mol. The van der Waals surface area contributed by atoms with Gasteiger partial charge in [0, 0.05) is 37.1 Å². The molecular weight excluding hydrogens is 274 g/mol. The molecule has 1 aromatic rings. The second kappa shape index (κ2) is 5.87. The molecule has 0 aliphatic heterocycles. The Morgan fingerprint density at radius 3 is 2.55 bits per heavy atom. The van der Waals surface area contributed by atoms with Gasteiger partial charge in [0.15, 0.2) is 0 Å². The predicted molar refractivity (Wildman–Crippen MR) is 80.2 cm³/mol. The van der Waals surface area contributed by atoms with Gasteiger partial charge in [-0.3, -0.25) is 0 Å². The van der Waals surface area contributed by atoms with Crippen LogP contribution in [0.1, 0.15) is 45.3 Å². The normalized spacial score (nSPS) is 16.3. The van der Waals surface area contributed by atoms with Crippen LogP contribution in [0.3, 0.4) is 0 Å². The lowest BCUT2D eigenvalue weighted by molar-refractivity contribution is 0.420. The van der Waals surface area contributed by atoms with Gasteiger partial charge in [-0.15, -0.1) is 0 Å². The van der Waals surface area contributed by atoms with Crippen molar-refractivity contribution in [1.82, 2.24) is 14.2 Å². The number of aromatic nitrogens is 1. The highest BCUT2D eigenvalue weighted by Crippen LogP contribution is 2.32. The summed E-state index contributed by atoms with van der Waals surface area (Å²) < 4.78 is 29.1. The van der Waals surface area contributed by atoms with Gasteiger partial charge >= 0.3 is 0 Å². The molecule has 0 aromatic carbocycles. The molecule has 0 atom stereocenters. The Balaban J connectivity index is 2.38. The molecule has 2 rings (SSSR count). The van der Waals surface area contributed by atoms with Gasteiger partial charge in [-0.2, -0.15) is 4.31 Å². The van der Waals surface area contributed by atoms with Gasteiger partial charge < -0.3 is 9.88 Å². The molecule has 0 unspecified atom stereocenters. The Kier molecular flexibility index (Phi) is 4.56. The third-order valence-corrected chi connectivity index (χ3v) is 5.69. The largest absolute Gasteiger partial charge is 0.346 e. The zero-order chi connectivity index (χ0) is 14.9. The fraction of sp³-hybridized carbons (Fsp3) is 0.714. The lowest BCUT2D eigenvalue weighted by Crippen LogP contribution is -2.32. The maximum absolute atomic E-state index is 12.7. The van der Waals surface area contributed by atoms with Crippen LogP contribution in [0.4, 0.5) is 0 Å². The van der Waals surface area contributed by atoms with Crippen molar-refractivity contribution in [1.29, 1.82) is 0 Å². The highest BCUT2D eigenvalue weighted by atomic mass is 32.2. The van der Waals surface area contributed by atoms with Crippen LogP contribution in [-0.2, 0) is 16.6 Å². The first-order valence-electron chi connectivity index (χ1n) is 7.29. The summed E-state index contributed by atoms with van der Waals surface area (Å²) in [7, 11) is -1.49. The standard InChI is InChI=1S/C14H25N3O2S/c1-5-17(12-6-7-12)20(18,19)14-8-13(9-15-4)16(10-14)11(2)3/h8,10-12,15H,5-7,9H2,1-4H3. The van der Waals surface area contributed by atoms with Crippen molar-refractivity contribution in [2.75, 3.05) is 13.6 Å². The van der Waals surface area contributed by atoms with E-state index in [2.05, 4.69) is 19.2 Å². The fourth-order valence-corrected chi connectivity index (χ4v) is 4.31. The molecule has 114 valence electrons. The van der Waals surface area contributed by atoms with Gasteiger partial charge in [0.25, 0.3) is 0 Å². The Hall–Kier alpha value is -0.850. The van der Waals surface area contributed by atoms with Gasteiger partial charge in [-0.05, 0) is 39.8 Å². The molecule has 1 heterocycles. The second-order valence-corrected chi connectivity index (χ2v) is 7.53. The molecule has 0 bridgehead atoms. The predicted octanol–water partition coefficient (Wildman–Crippen LogP) is 1.96. The van der Waals surface area contributed by atoms with Crippen molar-refractivity contribution < 1.29 is 8.42 Å².